The minimum Gasteiger partial charge on any atom is -0.130 e. The lowest BCUT2D eigenvalue weighted by Gasteiger charge is -1.90. The highest BCUT2D eigenvalue weighted by Crippen LogP contribution is 2.10. The Kier molecular flexibility index (Phi) is 3.59. The molecule has 0 aliphatic carbocycles. The van der Waals surface area contributed by atoms with Gasteiger partial charge in [-0.1, -0.05) is 6.92 Å². The van der Waals surface area contributed by atoms with Gasteiger partial charge in [-0.25, -0.2) is 0 Å². The Morgan fingerprint density at radius 2 is 1.80 bits per heavy atom. The molecular weight excluding hydrogens is 98.0 g/mol. The summed E-state index contributed by atoms with van der Waals surface area (Å²) in [5.41, 5.74) is 0. The Balaban J connectivity index is 2.54. The van der Waals surface area contributed by atoms with E-state index in [1.807, 2.05) is 0 Å². The first-order valence-corrected chi connectivity index (χ1v) is 3.12. The number of hydrogen-bond donors (Lipinski definition) is 0. The molecule has 0 aliphatic rings. The third-order valence-electron chi connectivity index (χ3n) is 0.471. The maximum atomic E-state index is 2.70. The number of hydrogen-bond acceptors (Lipinski definition) is 0. The van der Waals surface area contributed by atoms with E-state index in [-0.39, 0.29) is 0 Å². The highest BCUT2D eigenvalue weighted by Gasteiger charge is 1.80. The zero-order valence-corrected chi connectivity index (χ0v) is 5.75. The third kappa shape index (κ3) is 4.86. The average molecular weight is 108 g/mol. The molecule has 2 unspecified atom stereocenters. The Hall–Kier alpha value is 0.860. The van der Waals surface area contributed by atoms with Gasteiger partial charge in [-0.3, -0.25) is 0 Å². The molecule has 32 valence electrons. The molecule has 0 rings (SSSR count). The summed E-state index contributed by atoms with van der Waals surface area (Å²) < 4.78 is 0. The van der Waals surface area contributed by atoms with E-state index in [0.29, 0.717) is 0 Å². The largest absolute Gasteiger partial charge is 0.130 e. The van der Waals surface area contributed by atoms with Gasteiger partial charge >= 0.3 is 0 Å². The summed E-state index contributed by atoms with van der Waals surface area (Å²) in [6.45, 7) is 2.16. The van der Waals surface area contributed by atoms with Crippen LogP contribution in [-0.4, -0.2) is 5.40 Å². The van der Waals surface area contributed by atoms with Crippen molar-refractivity contribution in [2.75, 3.05) is 0 Å². The van der Waals surface area contributed by atoms with E-state index in [1.54, 1.807) is 0 Å². The smallest absolute Gasteiger partial charge is 0.0121 e. The lowest BCUT2D eigenvalue weighted by molar-refractivity contribution is 1.06. The minimum atomic E-state index is 0.718. The fraction of sp³-hybridized carbons (Fsp3) is 1.00. The average Bonchev–Trinajstić information content (AvgIpc) is 1.38. The normalized spacial score (nSPS) is 9.60. The molecule has 0 bridgehead atoms. The van der Waals surface area contributed by atoms with Crippen molar-refractivity contribution < 1.29 is 0 Å². The van der Waals surface area contributed by atoms with Crippen LogP contribution in [0.15, 0.2) is 0 Å². The van der Waals surface area contributed by atoms with Crippen LogP contribution < -0.4 is 0 Å². The highest BCUT2D eigenvalue weighted by molar-refractivity contribution is 7.37. The summed E-state index contributed by atoms with van der Waals surface area (Å²) in [7, 11) is 5.39. The molecular formula is C3H10P2. The van der Waals surface area contributed by atoms with Gasteiger partial charge < -0.3 is 0 Å². The van der Waals surface area contributed by atoms with Gasteiger partial charge in [0.1, 0.15) is 0 Å². The molecule has 0 fully saturated rings. The van der Waals surface area contributed by atoms with E-state index in [2.05, 4.69) is 25.4 Å². The van der Waals surface area contributed by atoms with Crippen molar-refractivity contribution in [3.05, 3.63) is 0 Å². The summed E-state index contributed by atoms with van der Waals surface area (Å²) in [5, 5.41) is 0.718. The minimum absolute atomic E-state index is 0.718. The third-order valence-corrected chi connectivity index (χ3v) is 1.41. The first-order valence-electron chi connectivity index (χ1n) is 1.78. The fourth-order valence-electron chi connectivity index (χ4n) is 0. The van der Waals surface area contributed by atoms with Crippen LogP contribution in [0.1, 0.15) is 13.3 Å². The summed E-state index contributed by atoms with van der Waals surface area (Å²) in [4.78, 5) is 0. The predicted molar refractivity (Wildman–Crippen MR) is 33.5 cm³/mol. The SMILES string of the molecule is CCC(P)P. The lowest BCUT2D eigenvalue weighted by Crippen LogP contribution is -1.73. The first kappa shape index (κ1) is 5.86. The van der Waals surface area contributed by atoms with Crippen LogP contribution in [0.5, 0.6) is 0 Å². The van der Waals surface area contributed by atoms with Crippen LogP contribution in [-0.2, 0) is 0 Å². The zero-order chi connectivity index (χ0) is 4.28. The van der Waals surface area contributed by atoms with Crippen LogP contribution in [0.3, 0.4) is 0 Å². The van der Waals surface area contributed by atoms with E-state index in [9.17, 15) is 0 Å². The lowest BCUT2D eigenvalue weighted by atomic mass is 10.6. The zero-order valence-electron chi connectivity index (χ0n) is 3.44. The van der Waals surface area contributed by atoms with E-state index < -0.39 is 0 Å². The molecule has 0 saturated carbocycles. The monoisotopic (exact) mass is 108 g/mol. The maximum Gasteiger partial charge on any atom is -0.0121 e. The topological polar surface area (TPSA) is 0 Å². The quantitative estimate of drug-likeness (QED) is 0.446. The second kappa shape index (κ2) is 3.07. The molecule has 2 heteroatoms. The van der Waals surface area contributed by atoms with Crippen LogP contribution in [0.2, 0.25) is 0 Å². The van der Waals surface area contributed by atoms with Gasteiger partial charge in [-0.05, 0) is 11.8 Å². The molecule has 0 aromatic carbocycles. The molecule has 0 saturated heterocycles. The van der Waals surface area contributed by atoms with Gasteiger partial charge in [0.2, 0.25) is 0 Å². The Morgan fingerprint density at radius 3 is 1.80 bits per heavy atom. The first-order chi connectivity index (χ1) is 2.27. The van der Waals surface area contributed by atoms with Crippen LogP contribution >= 0.6 is 18.5 Å². The number of rotatable bonds is 1. The molecule has 0 heterocycles. The van der Waals surface area contributed by atoms with Crippen molar-refractivity contribution >= 4 is 18.5 Å². The van der Waals surface area contributed by atoms with Crippen molar-refractivity contribution in [2.24, 2.45) is 0 Å². The Labute approximate surface area is 38.1 Å². The molecule has 0 N–H and O–H groups in total. The van der Waals surface area contributed by atoms with Gasteiger partial charge in [0, 0.05) is 0 Å². The molecule has 0 aromatic rings. The molecule has 0 spiro atoms. The van der Waals surface area contributed by atoms with Gasteiger partial charge in [-0.2, -0.15) is 0 Å². The van der Waals surface area contributed by atoms with Crippen LogP contribution in [0.4, 0.5) is 0 Å². The molecule has 0 radical (unpaired) electrons. The van der Waals surface area contributed by atoms with Crippen molar-refractivity contribution in [3.63, 3.8) is 0 Å². The van der Waals surface area contributed by atoms with E-state index in [1.165, 1.54) is 6.42 Å². The second-order valence-electron chi connectivity index (χ2n) is 1.07. The van der Waals surface area contributed by atoms with Crippen LogP contribution in [0, 0.1) is 0 Å². The molecule has 0 aliphatic heterocycles. The summed E-state index contributed by atoms with van der Waals surface area (Å²) >= 11 is 0. The molecule has 2 atom stereocenters. The highest BCUT2D eigenvalue weighted by atomic mass is 31.1. The molecule has 5 heavy (non-hydrogen) atoms. The predicted octanol–water partition coefficient (Wildman–Crippen LogP) is 1.47. The van der Waals surface area contributed by atoms with Crippen LogP contribution in [0.25, 0.3) is 0 Å². The van der Waals surface area contributed by atoms with Crippen molar-refractivity contribution in [2.45, 2.75) is 18.7 Å². The van der Waals surface area contributed by atoms with Gasteiger partial charge in [0.05, 0.1) is 0 Å². The Morgan fingerprint density at radius 1 is 1.60 bits per heavy atom. The second-order valence-corrected chi connectivity index (χ2v) is 3.55. The van der Waals surface area contributed by atoms with E-state index in [0.717, 1.165) is 5.40 Å². The van der Waals surface area contributed by atoms with Crippen molar-refractivity contribution in [1.29, 1.82) is 0 Å². The van der Waals surface area contributed by atoms with Gasteiger partial charge in [0.15, 0.2) is 0 Å². The van der Waals surface area contributed by atoms with Crippen molar-refractivity contribution in [3.8, 4) is 0 Å². The fourth-order valence-corrected chi connectivity index (χ4v) is 0. The van der Waals surface area contributed by atoms with Gasteiger partial charge in [0.25, 0.3) is 0 Å². The van der Waals surface area contributed by atoms with Crippen molar-refractivity contribution in [1.82, 2.24) is 0 Å². The molecule has 0 nitrogen and oxygen atoms in total. The summed E-state index contributed by atoms with van der Waals surface area (Å²) in [6.07, 6.45) is 1.23. The standard InChI is InChI=1S/C3H10P2/c1-2-3(4)5/h3H,2,4-5H2,1H3. The molecule has 0 amide bonds. The summed E-state index contributed by atoms with van der Waals surface area (Å²) in [5.74, 6) is 0. The molecule has 0 aromatic heterocycles. The van der Waals surface area contributed by atoms with E-state index >= 15 is 0 Å². The Bertz CT molecular complexity index is 18.9. The summed E-state index contributed by atoms with van der Waals surface area (Å²) in [6, 6.07) is 0. The maximum absolute atomic E-state index is 2.70. The van der Waals surface area contributed by atoms with Gasteiger partial charge in [-0.15, -0.1) is 18.5 Å². The van der Waals surface area contributed by atoms with E-state index in [4.69, 9.17) is 0 Å².